The Bertz CT molecular complexity index is 1220. The van der Waals surface area contributed by atoms with E-state index in [1.54, 1.807) is 23.2 Å². The summed E-state index contributed by atoms with van der Waals surface area (Å²) in [6.07, 6.45) is 6.75. The third kappa shape index (κ3) is 3.36. The Balaban J connectivity index is 1.63. The molecule has 0 fully saturated rings. The molecule has 5 nitrogen and oxygen atoms in total. The molecule has 0 aliphatic heterocycles. The first kappa shape index (κ1) is 17.5. The van der Waals surface area contributed by atoms with E-state index in [1.165, 1.54) is 0 Å². The van der Waals surface area contributed by atoms with Gasteiger partial charge in [-0.2, -0.15) is 10.4 Å². The normalized spacial score (nSPS) is 11.5. The van der Waals surface area contributed by atoms with Gasteiger partial charge in [0.1, 0.15) is 11.6 Å². The first-order valence-corrected chi connectivity index (χ1v) is 8.95. The number of hydrogen-bond acceptors (Lipinski definition) is 3. The van der Waals surface area contributed by atoms with Gasteiger partial charge >= 0.3 is 0 Å². The van der Waals surface area contributed by atoms with Gasteiger partial charge in [-0.3, -0.25) is 9.48 Å². The Morgan fingerprint density at radius 2 is 2.04 bits per heavy atom. The van der Waals surface area contributed by atoms with Gasteiger partial charge in [0.2, 0.25) is 5.78 Å². The number of carbonyl (C=O) groups is 1. The van der Waals surface area contributed by atoms with Crippen LogP contribution in [0, 0.1) is 18.3 Å². The molecule has 0 spiro atoms. The molecule has 0 atom stereocenters. The predicted molar refractivity (Wildman–Crippen MR) is 109 cm³/mol. The summed E-state index contributed by atoms with van der Waals surface area (Å²) in [5.74, 6) is -0.293. The second-order valence-corrected chi connectivity index (χ2v) is 6.66. The summed E-state index contributed by atoms with van der Waals surface area (Å²) in [7, 11) is 0. The minimum atomic E-state index is -0.293. The predicted octanol–water partition coefficient (Wildman–Crippen LogP) is 4.51. The van der Waals surface area contributed by atoms with Gasteiger partial charge in [0.25, 0.3) is 0 Å². The number of H-pyrrole nitrogens is 1. The summed E-state index contributed by atoms with van der Waals surface area (Å²) in [4.78, 5) is 16.1. The number of aryl methyl sites for hydroxylation is 1. The lowest BCUT2D eigenvalue weighted by molar-refractivity contribution is 0.104. The van der Waals surface area contributed by atoms with Crippen molar-refractivity contribution in [2.24, 2.45) is 0 Å². The number of aromatic amines is 1. The summed E-state index contributed by atoms with van der Waals surface area (Å²) in [5.41, 5.74) is 4.33. The Kier molecular flexibility index (Phi) is 4.61. The Labute approximate surface area is 162 Å². The van der Waals surface area contributed by atoms with Gasteiger partial charge in [0.15, 0.2) is 0 Å². The third-order valence-electron chi connectivity index (χ3n) is 4.68. The van der Waals surface area contributed by atoms with Crippen LogP contribution in [0.15, 0.2) is 72.7 Å². The Morgan fingerprint density at radius 1 is 1.21 bits per heavy atom. The van der Waals surface area contributed by atoms with Crippen molar-refractivity contribution >= 4 is 22.8 Å². The highest BCUT2D eigenvalue weighted by atomic mass is 16.1. The molecule has 0 amide bonds. The molecule has 0 aliphatic rings. The zero-order chi connectivity index (χ0) is 19.5. The van der Waals surface area contributed by atoms with Crippen molar-refractivity contribution in [1.82, 2.24) is 14.8 Å². The molecule has 0 unspecified atom stereocenters. The summed E-state index contributed by atoms with van der Waals surface area (Å²) >= 11 is 0. The quantitative estimate of drug-likeness (QED) is 0.321. The fraction of sp³-hybridized carbons (Fsp3) is 0.0870. The monoisotopic (exact) mass is 366 g/mol. The summed E-state index contributed by atoms with van der Waals surface area (Å²) in [6, 6.07) is 17.8. The highest BCUT2D eigenvalue weighted by molar-refractivity contribution is 6.20. The van der Waals surface area contributed by atoms with Crippen LogP contribution in [-0.4, -0.2) is 20.5 Å². The number of aromatic nitrogens is 3. The van der Waals surface area contributed by atoms with Crippen LogP contribution in [0.3, 0.4) is 0 Å². The fourth-order valence-electron chi connectivity index (χ4n) is 3.32. The van der Waals surface area contributed by atoms with E-state index in [0.717, 1.165) is 27.6 Å². The largest absolute Gasteiger partial charge is 0.360 e. The number of Topliss-reactive ketones (excluding diaryl/α,β-unsaturated/α-hetero) is 1. The number of carbonyl (C=O) groups excluding carboxylic acids is 1. The molecule has 1 N–H and O–H groups in total. The molecular formula is C23H18N4O. The molecule has 4 aromatic rings. The van der Waals surface area contributed by atoms with E-state index >= 15 is 0 Å². The van der Waals surface area contributed by atoms with Gasteiger partial charge in [0.05, 0.1) is 12.7 Å². The molecule has 2 aromatic heterocycles. The minimum absolute atomic E-state index is 0.0865. The molecule has 136 valence electrons. The van der Waals surface area contributed by atoms with Crippen LogP contribution in [0.25, 0.3) is 17.0 Å². The zero-order valence-corrected chi connectivity index (χ0v) is 15.4. The van der Waals surface area contributed by atoms with E-state index in [0.29, 0.717) is 12.1 Å². The minimum Gasteiger partial charge on any atom is -0.360 e. The average molecular weight is 366 g/mol. The van der Waals surface area contributed by atoms with Crippen molar-refractivity contribution in [2.45, 2.75) is 13.5 Å². The second kappa shape index (κ2) is 7.37. The van der Waals surface area contributed by atoms with Crippen molar-refractivity contribution in [3.05, 3.63) is 94.9 Å². The van der Waals surface area contributed by atoms with Crippen molar-refractivity contribution in [2.75, 3.05) is 0 Å². The lowest BCUT2D eigenvalue weighted by Gasteiger charge is -2.01. The molecule has 5 heteroatoms. The van der Waals surface area contributed by atoms with Crippen LogP contribution < -0.4 is 0 Å². The maximum Gasteiger partial charge on any atom is 0.205 e. The van der Waals surface area contributed by atoms with Crippen molar-refractivity contribution in [3.63, 3.8) is 0 Å². The second-order valence-electron chi connectivity index (χ2n) is 6.66. The van der Waals surface area contributed by atoms with Crippen molar-refractivity contribution in [1.29, 1.82) is 5.26 Å². The highest BCUT2D eigenvalue weighted by Crippen LogP contribution is 2.24. The van der Waals surface area contributed by atoms with Gasteiger partial charge < -0.3 is 4.98 Å². The van der Waals surface area contributed by atoms with E-state index in [2.05, 4.69) is 10.1 Å². The van der Waals surface area contributed by atoms with Crippen LogP contribution in [-0.2, 0) is 6.54 Å². The number of nitrogens with zero attached hydrogens (tertiary/aromatic N) is 3. The first-order valence-electron chi connectivity index (χ1n) is 8.95. The van der Waals surface area contributed by atoms with Crippen molar-refractivity contribution < 1.29 is 4.79 Å². The number of rotatable bonds is 5. The summed E-state index contributed by atoms with van der Waals surface area (Å²) in [6.45, 7) is 2.59. The van der Waals surface area contributed by atoms with Gasteiger partial charge in [0, 0.05) is 34.4 Å². The molecule has 28 heavy (non-hydrogen) atoms. The molecular weight excluding hydrogens is 348 g/mol. The van der Waals surface area contributed by atoms with Crippen LogP contribution in [0.1, 0.15) is 27.0 Å². The maximum absolute atomic E-state index is 13.0. The maximum atomic E-state index is 13.0. The van der Waals surface area contributed by atoms with Crippen LogP contribution in [0.4, 0.5) is 0 Å². The number of nitriles is 1. The average Bonchev–Trinajstić information content (AvgIpc) is 3.34. The number of hydrogen-bond donors (Lipinski definition) is 1. The summed E-state index contributed by atoms with van der Waals surface area (Å²) in [5, 5.41) is 14.7. The molecule has 4 rings (SSSR count). The third-order valence-corrected chi connectivity index (χ3v) is 4.68. The lowest BCUT2D eigenvalue weighted by atomic mass is 9.99. The zero-order valence-electron chi connectivity index (χ0n) is 15.4. The van der Waals surface area contributed by atoms with Gasteiger partial charge in [-0.25, -0.2) is 0 Å². The van der Waals surface area contributed by atoms with Crippen LogP contribution in [0.2, 0.25) is 0 Å². The standard InChI is InChI=1S/C23H18N4O/c1-16-6-5-9-21-22(16)20(13-25-21)23(28)19(11-24)10-18-12-26-27(15-18)14-17-7-3-2-4-8-17/h2-10,12-13,15,25H,14H2,1H3. The molecule has 0 bridgehead atoms. The SMILES string of the molecule is Cc1cccc2[nH]cc(C(=O)C(C#N)=Cc3cnn(Cc4ccccc4)c3)c12. The number of benzene rings is 2. The van der Waals surface area contributed by atoms with E-state index in [-0.39, 0.29) is 11.4 Å². The van der Waals surface area contributed by atoms with E-state index in [9.17, 15) is 10.1 Å². The first-order chi connectivity index (χ1) is 13.7. The topological polar surface area (TPSA) is 74.5 Å². The number of fused-ring (bicyclic) bond motifs is 1. The number of ketones is 1. The molecule has 0 radical (unpaired) electrons. The van der Waals surface area contributed by atoms with Crippen LogP contribution >= 0.6 is 0 Å². The van der Waals surface area contributed by atoms with Gasteiger partial charge in [-0.05, 0) is 30.2 Å². The fourth-order valence-corrected chi connectivity index (χ4v) is 3.32. The molecule has 0 saturated heterocycles. The van der Waals surface area contributed by atoms with E-state index in [1.807, 2.05) is 67.7 Å². The van der Waals surface area contributed by atoms with E-state index < -0.39 is 0 Å². The van der Waals surface area contributed by atoms with Crippen LogP contribution in [0.5, 0.6) is 0 Å². The molecule has 0 aliphatic carbocycles. The molecule has 0 saturated carbocycles. The smallest absolute Gasteiger partial charge is 0.205 e. The van der Waals surface area contributed by atoms with Gasteiger partial charge in [-0.1, -0.05) is 42.5 Å². The molecule has 2 aromatic carbocycles. The van der Waals surface area contributed by atoms with E-state index in [4.69, 9.17) is 0 Å². The molecule has 2 heterocycles. The van der Waals surface area contributed by atoms with Gasteiger partial charge in [-0.15, -0.1) is 0 Å². The lowest BCUT2D eigenvalue weighted by Crippen LogP contribution is -2.01. The summed E-state index contributed by atoms with van der Waals surface area (Å²) < 4.78 is 1.79. The Hall–Kier alpha value is -3.91. The highest BCUT2D eigenvalue weighted by Gasteiger charge is 2.18. The number of nitrogens with one attached hydrogen (secondary N) is 1. The Morgan fingerprint density at radius 3 is 2.82 bits per heavy atom. The van der Waals surface area contributed by atoms with Crippen molar-refractivity contribution in [3.8, 4) is 6.07 Å². The number of allylic oxidation sites excluding steroid dienone is 1.